The van der Waals surface area contributed by atoms with Crippen LogP contribution in [0.25, 0.3) is 0 Å². The molecule has 1 aromatic carbocycles. The van der Waals surface area contributed by atoms with Gasteiger partial charge in [0.1, 0.15) is 0 Å². The van der Waals surface area contributed by atoms with Gasteiger partial charge in [-0.05, 0) is 19.1 Å². The average molecular weight is 277 g/mol. The Hall–Kier alpha value is -1.75. The molecule has 5 heteroatoms. The van der Waals surface area contributed by atoms with Crippen LogP contribution in [-0.4, -0.2) is 62.4 Å². The number of benzene rings is 1. The topological polar surface area (TPSA) is 36.0 Å². The zero-order chi connectivity index (χ0) is 14.4. The van der Waals surface area contributed by atoms with Crippen molar-refractivity contribution in [2.24, 2.45) is 0 Å². The summed E-state index contributed by atoms with van der Waals surface area (Å²) < 4.78 is 4.99. The Morgan fingerprint density at radius 3 is 2.45 bits per heavy atom. The molecule has 2 rings (SSSR count). The Balaban J connectivity index is 1.78. The molecule has 110 valence electrons. The standard InChI is InChI=1S/C15H23N3O2/c1-3-20-15(19)16(2)13-17-9-11-18(12-10-17)14-7-5-4-6-8-14/h4-8H,3,9-13H2,1-2H3. The lowest BCUT2D eigenvalue weighted by atomic mass is 10.2. The van der Waals surface area contributed by atoms with Crippen LogP contribution in [0.15, 0.2) is 30.3 Å². The van der Waals surface area contributed by atoms with E-state index in [0.717, 1.165) is 26.2 Å². The number of carbonyl (C=O) groups is 1. The SMILES string of the molecule is CCOC(=O)N(C)CN1CCN(c2ccccc2)CC1. The molecule has 1 aliphatic rings. The highest BCUT2D eigenvalue weighted by Crippen LogP contribution is 2.15. The van der Waals surface area contributed by atoms with Crippen molar-refractivity contribution in [2.75, 3.05) is 51.4 Å². The quantitative estimate of drug-likeness (QED) is 0.841. The van der Waals surface area contributed by atoms with Crippen LogP contribution >= 0.6 is 0 Å². The maximum Gasteiger partial charge on any atom is 0.410 e. The van der Waals surface area contributed by atoms with Crippen LogP contribution < -0.4 is 4.90 Å². The van der Waals surface area contributed by atoms with E-state index in [1.807, 2.05) is 13.0 Å². The van der Waals surface area contributed by atoms with E-state index in [-0.39, 0.29) is 6.09 Å². The minimum absolute atomic E-state index is 0.252. The van der Waals surface area contributed by atoms with Crippen molar-refractivity contribution in [3.8, 4) is 0 Å². The van der Waals surface area contributed by atoms with Crippen molar-refractivity contribution in [2.45, 2.75) is 6.92 Å². The first-order chi connectivity index (χ1) is 9.70. The van der Waals surface area contributed by atoms with Gasteiger partial charge in [0, 0.05) is 38.9 Å². The van der Waals surface area contributed by atoms with Gasteiger partial charge in [0.15, 0.2) is 0 Å². The lowest BCUT2D eigenvalue weighted by Crippen LogP contribution is -2.50. The molecular formula is C15H23N3O2. The highest BCUT2D eigenvalue weighted by atomic mass is 16.6. The minimum Gasteiger partial charge on any atom is -0.450 e. The van der Waals surface area contributed by atoms with Crippen LogP contribution in [0.1, 0.15) is 6.92 Å². The van der Waals surface area contributed by atoms with E-state index < -0.39 is 0 Å². The number of carbonyl (C=O) groups excluding carboxylic acids is 1. The first-order valence-electron chi connectivity index (χ1n) is 7.11. The number of hydrogen-bond donors (Lipinski definition) is 0. The molecule has 0 spiro atoms. The van der Waals surface area contributed by atoms with E-state index in [0.29, 0.717) is 13.3 Å². The highest BCUT2D eigenvalue weighted by Gasteiger charge is 2.20. The fraction of sp³-hybridized carbons (Fsp3) is 0.533. The molecule has 1 fully saturated rings. The molecule has 0 aliphatic carbocycles. The van der Waals surface area contributed by atoms with Crippen molar-refractivity contribution >= 4 is 11.8 Å². The Morgan fingerprint density at radius 2 is 1.85 bits per heavy atom. The summed E-state index contributed by atoms with van der Waals surface area (Å²) in [5, 5.41) is 0. The molecule has 1 aliphatic heterocycles. The van der Waals surface area contributed by atoms with E-state index in [4.69, 9.17) is 4.74 Å². The van der Waals surface area contributed by atoms with E-state index in [1.165, 1.54) is 5.69 Å². The molecule has 0 bridgehead atoms. The number of hydrogen-bond acceptors (Lipinski definition) is 4. The summed E-state index contributed by atoms with van der Waals surface area (Å²) in [5.41, 5.74) is 1.27. The molecule has 1 saturated heterocycles. The Bertz CT molecular complexity index is 416. The molecule has 20 heavy (non-hydrogen) atoms. The monoisotopic (exact) mass is 277 g/mol. The number of amides is 1. The van der Waals surface area contributed by atoms with Crippen LogP contribution in [0.5, 0.6) is 0 Å². The molecule has 0 saturated carbocycles. The van der Waals surface area contributed by atoms with Crippen LogP contribution in [0.2, 0.25) is 0 Å². The number of ether oxygens (including phenoxy) is 1. The van der Waals surface area contributed by atoms with Crippen molar-refractivity contribution in [1.29, 1.82) is 0 Å². The molecule has 5 nitrogen and oxygen atoms in total. The number of nitrogens with zero attached hydrogens (tertiary/aromatic N) is 3. The zero-order valence-corrected chi connectivity index (χ0v) is 12.3. The number of anilines is 1. The minimum atomic E-state index is -0.252. The van der Waals surface area contributed by atoms with Gasteiger partial charge in [0.2, 0.25) is 0 Å². The Labute approximate surface area is 120 Å². The van der Waals surface area contributed by atoms with Crippen LogP contribution in [0.3, 0.4) is 0 Å². The maximum atomic E-state index is 11.6. The summed E-state index contributed by atoms with van der Waals surface area (Å²) >= 11 is 0. The number of piperazine rings is 1. The summed E-state index contributed by atoms with van der Waals surface area (Å²) in [7, 11) is 1.78. The predicted octanol–water partition coefficient (Wildman–Crippen LogP) is 1.85. The van der Waals surface area contributed by atoms with Gasteiger partial charge >= 0.3 is 6.09 Å². The van der Waals surface area contributed by atoms with Crippen molar-refractivity contribution in [1.82, 2.24) is 9.80 Å². The molecule has 0 radical (unpaired) electrons. The summed E-state index contributed by atoms with van der Waals surface area (Å²) in [6, 6.07) is 10.4. The first kappa shape index (κ1) is 14.7. The summed E-state index contributed by atoms with van der Waals surface area (Å²) in [4.78, 5) is 17.8. The third-order valence-electron chi connectivity index (χ3n) is 3.49. The zero-order valence-electron chi connectivity index (χ0n) is 12.3. The molecule has 1 heterocycles. The van der Waals surface area contributed by atoms with Crippen LogP contribution in [0, 0.1) is 0 Å². The summed E-state index contributed by atoms with van der Waals surface area (Å²) in [5.74, 6) is 0. The predicted molar refractivity (Wildman–Crippen MR) is 79.9 cm³/mol. The van der Waals surface area contributed by atoms with E-state index in [9.17, 15) is 4.79 Å². The smallest absolute Gasteiger partial charge is 0.410 e. The lowest BCUT2D eigenvalue weighted by molar-refractivity contribution is 0.0873. The van der Waals surface area contributed by atoms with Crippen molar-refractivity contribution < 1.29 is 9.53 Å². The average Bonchev–Trinajstić information content (AvgIpc) is 2.49. The second kappa shape index (κ2) is 7.14. The van der Waals surface area contributed by atoms with Gasteiger partial charge in [0.05, 0.1) is 13.3 Å². The van der Waals surface area contributed by atoms with Gasteiger partial charge in [-0.3, -0.25) is 9.80 Å². The van der Waals surface area contributed by atoms with Crippen LogP contribution in [0.4, 0.5) is 10.5 Å². The number of para-hydroxylation sites is 1. The normalized spacial score (nSPS) is 16.0. The molecule has 0 aromatic heterocycles. The lowest BCUT2D eigenvalue weighted by Gasteiger charge is -2.37. The highest BCUT2D eigenvalue weighted by molar-refractivity contribution is 5.67. The third-order valence-corrected chi connectivity index (χ3v) is 3.49. The summed E-state index contributed by atoms with van der Waals surface area (Å²) in [6.07, 6.45) is -0.252. The van der Waals surface area contributed by atoms with Crippen molar-refractivity contribution in [3.05, 3.63) is 30.3 Å². The molecule has 1 aromatic rings. The second-order valence-electron chi connectivity index (χ2n) is 4.98. The van der Waals surface area contributed by atoms with Gasteiger partial charge < -0.3 is 9.64 Å². The molecular weight excluding hydrogens is 254 g/mol. The third kappa shape index (κ3) is 3.87. The van der Waals surface area contributed by atoms with Gasteiger partial charge in [-0.25, -0.2) is 4.79 Å². The van der Waals surface area contributed by atoms with Crippen LogP contribution in [-0.2, 0) is 4.74 Å². The molecule has 0 atom stereocenters. The van der Waals surface area contributed by atoms with Gasteiger partial charge in [-0.2, -0.15) is 0 Å². The van der Waals surface area contributed by atoms with Crippen molar-refractivity contribution in [3.63, 3.8) is 0 Å². The molecule has 0 N–H and O–H groups in total. The van der Waals surface area contributed by atoms with E-state index in [2.05, 4.69) is 34.1 Å². The van der Waals surface area contributed by atoms with E-state index >= 15 is 0 Å². The maximum absolute atomic E-state index is 11.6. The first-order valence-corrected chi connectivity index (χ1v) is 7.11. The summed E-state index contributed by atoms with van der Waals surface area (Å²) in [6.45, 7) is 6.76. The van der Waals surface area contributed by atoms with Gasteiger partial charge in [0.25, 0.3) is 0 Å². The van der Waals surface area contributed by atoms with E-state index in [1.54, 1.807) is 11.9 Å². The largest absolute Gasteiger partial charge is 0.450 e. The number of rotatable bonds is 4. The fourth-order valence-electron chi connectivity index (χ4n) is 2.38. The Kier molecular flexibility index (Phi) is 5.24. The van der Waals surface area contributed by atoms with Gasteiger partial charge in [-0.1, -0.05) is 18.2 Å². The second-order valence-corrected chi connectivity index (χ2v) is 4.98. The van der Waals surface area contributed by atoms with Gasteiger partial charge in [-0.15, -0.1) is 0 Å². The molecule has 1 amide bonds. The Morgan fingerprint density at radius 1 is 1.20 bits per heavy atom. The molecule has 0 unspecified atom stereocenters. The fourth-order valence-corrected chi connectivity index (χ4v) is 2.38.